The maximum Gasteiger partial charge on any atom is 0.374 e. The Hall–Kier alpha value is -3.30. The number of nitrogens with one attached hydrogen (secondary N) is 2. The van der Waals surface area contributed by atoms with Crippen LogP contribution in [0.25, 0.3) is 0 Å². The van der Waals surface area contributed by atoms with Crippen molar-refractivity contribution in [3.05, 3.63) is 46.5 Å². The molecule has 136 valence electrons. The molecule has 1 fully saturated rings. The van der Waals surface area contributed by atoms with Crippen molar-refractivity contribution in [2.24, 2.45) is 0 Å². The maximum absolute atomic E-state index is 12.0. The van der Waals surface area contributed by atoms with E-state index in [-0.39, 0.29) is 17.8 Å². The molecule has 0 radical (unpaired) electrons. The third kappa shape index (κ3) is 4.21. The van der Waals surface area contributed by atoms with Gasteiger partial charge in [0.05, 0.1) is 10.5 Å². The van der Waals surface area contributed by atoms with Crippen LogP contribution in [0.2, 0.25) is 0 Å². The standard InChI is InChI=1S/C16H18N6O4/c23-15(11-5-4-8-17-9-11)21-20-14-13(22(24)25)16(19-10-18-14)26-12-6-2-1-3-7-12/h4-5,8-10,12H,1-3,6-7H2,(H,21,23)(H,18,19,20). The van der Waals surface area contributed by atoms with Gasteiger partial charge in [0.1, 0.15) is 12.4 Å². The Morgan fingerprint density at radius 2 is 2.08 bits per heavy atom. The van der Waals surface area contributed by atoms with Gasteiger partial charge in [-0.05, 0) is 37.8 Å². The third-order valence-electron chi connectivity index (χ3n) is 4.02. The number of rotatable bonds is 6. The van der Waals surface area contributed by atoms with Crippen molar-refractivity contribution >= 4 is 17.4 Å². The van der Waals surface area contributed by atoms with Crippen molar-refractivity contribution in [3.63, 3.8) is 0 Å². The molecule has 2 aromatic heterocycles. The van der Waals surface area contributed by atoms with Crippen LogP contribution in [0.1, 0.15) is 42.5 Å². The minimum Gasteiger partial charge on any atom is -0.469 e. The monoisotopic (exact) mass is 358 g/mol. The second kappa shape index (κ2) is 8.19. The first-order valence-electron chi connectivity index (χ1n) is 8.27. The second-order valence-corrected chi connectivity index (χ2v) is 5.83. The highest BCUT2D eigenvalue weighted by Gasteiger charge is 2.27. The van der Waals surface area contributed by atoms with Crippen LogP contribution in [-0.4, -0.2) is 31.9 Å². The molecule has 0 unspecified atom stereocenters. The minimum absolute atomic E-state index is 0.102. The van der Waals surface area contributed by atoms with Crippen molar-refractivity contribution in [2.75, 3.05) is 5.43 Å². The Morgan fingerprint density at radius 1 is 1.27 bits per heavy atom. The lowest BCUT2D eigenvalue weighted by Gasteiger charge is -2.22. The van der Waals surface area contributed by atoms with Gasteiger partial charge >= 0.3 is 5.69 Å². The molecule has 2 aromatic rings. The van der Waals surface area contributed by atoms with Crippen LogP contribution in [0.15, 0.2) is 30.9 Å². The molecule has 1 aliphatic carbocycles. The molecule has 1 amide bonds. The van der Waals surface area contributed by atoms with Crippen LogP contribution in [0.4, 0.5) is 11.5 Å². The molecule has 1 aliphatic rings. The molecular formula is C16H18N6O4. The molecule has 26 heavy (non-hydrogen) atoms. The van der Waals surface area contributed by atoms with Crippen LogP contribution >= 0.6 is 0 Å². The van der Waals surface area contributed by atoms with Crippen LogP contribution < -0.4 is 15.6 Å². The van der Waals surface area contributed by atoms with Gasteiger partial charge < -0.3 is 4.74 Å². The molecule has 10 heteroatoms. The van der Waals surface area contributed by atoms with E-state index in [0.717, 1.165) is 38.4 Å². The SMILES string of the molecule is O=C(NNc1ncnc(OC2CCCCC2)c1[N+](=O)[O-])c1cccnc1. The van der Waals surface area contributed by atoms with Gasteiger partial charge in [0, 0.05) is 12.4 Å². The topological polar surface area (TPSA) is 132 Å². The highest BCUT2D eigenvalue weighted by atomic mass is 16.6. The summed E-state index contributed by atoms with van der Waals surface area (Å²) in [6, 6.07) is 3.17. The summed E-state index contributed by atoms with van der Waals surface area (Å²) in [6.07, 6.45) is 8.82. The largest absolute Gasteiger partial charge is 0.469 e. The van der Waals surface area contributed by atoms with Gasteiger partial charge in [-0.3, -0.25) is 30.7 Å². The summed E-state index contributed by atoms with van der Waals surface area (Å²) in [5, 5.41) is 11.5. The molecule has 0 atom stereocenters. The van der Waals surface area contributed by atoms with E-state index in [2.05, 4.69) is 25.8 Å². The summed E-state index contributed by atoms with van der Waals surface area (Å²) in [5.74, 6) is -0.746. The van der Waals surface area contributed by atoms with Crippen molar-refractivity contribution < 1.29 is 14.5 Å². The highest BCUT2D eigenvalue weighted by molar-refractivity contribution is 5.94. The smallest absolute Gasteiger partial charge is 0.374 e. The zero-order valence-corrected chi connectivity index (χ0v) is 13.9. The average Bonchev–Trinajstić information content (AvgIpc) is 2.67. The molecule has 2 heterocycles. The fraction of sp³-hybridized carbons (Fsp3) is 0.375. The molecule has 0 bridgehead atoms. The third-order valence-corrected chi connectivity index (χ3v) is 4.02. The predicted octanol–water partition coefficient (Wildman–Crippen LogP) is 2.25. The van der Waals surface area contributed by atoms with Crippen LogP contribution in [-0.2, 0) is 0 Å². The number of hydrogen-bond acceptors (Lipinski definition) is 8. The summed E-state index contributed by atoms with van der Waals surface area (Å²) in [5.41, 5.74) is 4.72. The van der Waals surface area contributed by atoms with Gasteiger partial charge in [-0.15, -0.1) is 0 Å². The minimum atomic E-state index is -0.628. The molecule has 0 aliphatic heterocycles. The first kappa shape index (κ1) is 17.5. The van der Waals surface area contributed by atoms with E-state index in [1.165, 1.54) is 12.4 Å². The van der Waals surface area contributed by atoms with Crippen molar-refractivity contribution in [3.8, 4) is 5.88 Å². The molecule has 10 nitrogen and oxygen atoms in total. The number of nitrogens with zero attached hydrogens (tertiary/aromatic N) is 4. The Labute approximate surface area is 149 Å². The van der Waals surface area contributed by atoms with Gasteiger partial charge in [0.25, 0.3) is 11.8 Å². The average molecular weight is 358 g/mol. The number of pyridine rings is 1. The normalized spacial score (nSPS) is 14.5. The number of carbonyl (C=O) groups is 1. The Bertz CT molecular complexity index is 780. The molecule has 0 saturated heterocycles. The van der Waals surface area contributed by atoms with Crippen LogP contribution in [0.3, 0.4) is 0 Å². The van der Waals surface area contributed by atoms with Gasteiger partial charge in [-0.25, -0.2) is 4.98 Å². The van der Waals surface area contributed by atoms with Crippen LogP contribution in [0, 0.1) is 10.1 Å². The maximum atomic E-state index is 12.0. The van der Waals surface area contributed by atoms with E-state index < -0.39 is 16.5 Å². The number of hydrogen-bond donors (Lipinski definition) is 2. The molecular weight excluding hydrogens is 340 g/mol. The first-order valence-corrected chi connectivity index (χ1v) is 8.27. The lowest BCUT2D eigenvalue weighted by molar-refractivity contribution is -0.385. The summed E-state index contributed by atoms with van der Waals surface area (Å²) >= 11 is 0. The Morgan fingerprint density at radius 3 is 2.77 bits per heavy atom. The summed E-state index contributed by atoms with van der Waals surface area (Å²) < 4.78 is 5.72. The zero-order valence-electron chi connectivity index (χ0n) is 13.9. The number of amides is 1. The van der Waals surface area contributed by atoms with Crippen LogP contribution in [0.5, 0.6) is 5.88 Å². The summed E-state index contributed by atoms with van der Waals surface area (Å²) in [4.78, 5) is 34.5. The highest BCUT2D eigenvalue weighted by Crippen LogP contribution is 2.33. The van der Waals surface area contributed by atoms with E-state index in [1.54, 1.807) is 12.1 Å². The van der Waals surface area contributed by atoms with E-state index in [9.17, 15) is 14.9 Å². The van der Waals surface area contributed by atoms with Gasteiger partial charge in [0.2, 0.25) is 5.82 Å². The Balaban J connectivity index is 1.75. The first-order chi connectivity index (χ1) is 12.6. The summed E-state index contributed by atoms with van der Waals surface area (Å²) in [7, 11) is 0. The predicted molar refractivity (Wildman–Crippen MR) is 91.5 cm³/mol. The lowest BCUT2D eigenvalue weighted by Crippen LogP contribution is -2.30. The van der Waals surface area contributed by atoms with Gasteiger partial charge in [-0.2, -0.15) is 4.98 Å². The van der Waals surface area contributed by atoms with E-state index >= 15 is 0 Å². The van der Waals surface area contributed by atoms with E-state index in [4.69, 9.17) is 4.74 Å². The molecule has 3 rings (SSSR count). The fourth-order valence-electron chi connectivity index (χ4n) is 2.73. The quantitative estimate of drug-likeness (QED) is 0.593. The van der Waals surface area contributed by atoms with Crippen molar-refractivity contribution in [2.45, 2.75) is 38.2 Å². The molecule has 2 N–H and O–H groups in total. The molecule has 1 saturated carbocycles. The number of carbonyl (C=O) groups excluding carboxylic acids is 1. The number of ether oxygens (including phenoxy) is 1. The lowest BCUT2D eigenvalue weighted by atomic mass is 9.98. The van der Waals surface area contributed by atoms with E-state index in [0.29, 0.717) is 5.56 Å². The number of aromatic nitrogens is 3. The van der Waals surface area contributed by atoms with Crippen molar-refractivity contribution in [1.82, 2.24) is 20.4 Å². The number of hydrazine groups is 1. The van der Waals surface area contributed by atoms with Gasteiger partial charge in [0.15, 0.2) is 0 Å². The Kier molecular flexibility index (Phi) is 5.52. The van der Waals surface area contributed by atoms with Gasteiger partial charge in [-0.1, -0.05) is 6.42 Å². The molecule has 0 aromatic carbocycles. The number of anilines is 1. The second-order valence-electron chi connectivity index (χ2n) is 5.83. The zero-order chi connectivity index (χ0) is 18.4. The van der Waals surface area contributed by atoms with Crippen molar-refractivity contribution in [1.29, 1.82) is 0 Å². The fourth-order valence-corrected chi connectivity index (χ4v) is 2.73. The van der Waals surface area contributed by atoms with E-state index in [1.807, 2.05) is 0 Å². The summed E-state index contributed by atoms with van der Waals surface area (Å²) in [6.45, 7) is 0. The number of nitro groups is 1. The molecule has 0 spiro atoms.